The summed E-state index contributed by atoms with van der Waals surface area (Å²) in [5, 5.41) is 7.57. The van der Waals surface area contributed by atoms with Crippen LogP contribution in [0.4, 0.5) is 11.4 Å². The van der Waals surface area contributed by atoms with Gasteiger partial charge in [0.2, 0.25) is 0 Å². The van der Waals surface area contributed by atoms with Gasteiger partial charge in [-0.25, -0.2) is 0 Å². The monoisotopic (exact) mass is 726 g/mol. The van der Waals surface area contributed by atoms with Gasteiger partial charge in [-0.05, 0) is 93.0 Å². The molecule has 5 heteroatoms. The Bertz CT molecular complexity index is 3290. The van der Waals surface area contributed by atoms with Crippen LogP contribution in [0.25, 0.3) is 80.7 Å². The largest absolute Gasteiger partial charge is 0.456 e. The first-order valence-corrected chi connectivity index (χ1v) is 20.3. The Morgan fingerprint density at radius 3 is 2.07 bits per heavy atom. The predicted octanol–water partition coefficient (Wildman–Crippen LogP) is 12.9. The molecule has 3 aromatic heterocycles. The molecule has 55 heavy (non-hydrogen) atoms. The van der Waals surface area contributed by atoms with E-state index in [0.717, 1.165) is 21.9 Å². The summed E-state index contributed by atoms with van der Waals surface area (Å²) in [6.07, 6.45) is 0. The van der Waals surface area contributed by atoms with Crippen molar-refractivity contribution in [2.45, 2.75) is 52.4 Å². The maximum Gasteiger partial charge on any atom is 0.333 e. The lowest BCUT2D eigenvalue weighted by atomic mass is 9.43. The van der Waals surface area contributed by atoms with Gasteiger partial charge < -0.3 is 13.8 Å². The number of hydrogen-bond acceptors (Lipinski definition) is 3. The van der Waals surface area contributed by atoms with Crippen molar-refractivity contribution in [3.8, 4) is 16.8 Å². The zero-order chi connectivity index (χ0) is 37.1. The number of para-hydroxylation sites is 1. The van der Waals surface area contributed by atoms with Crippen LogP contribution in [0.1, 0.15) is 52.7 Å². The average molecular weight is 727 g/mol. The summed E-state index contributed by atoms with van der Waals surface area (Å²) in [6, 6.07) is 48.4. The summed E-state index contributed by atoms with van der Waals surface area (Å²) in [5.41, 5.74) is 16.0. The first kappa shape index (κ1) is 31.6. The molecule has 0 fully saturated rings. The van der Waals surface area contributed by atoms with Gasteiger partial charge >= 0.3 is 6.85 Å². The van der Waals surface area contributed by atoms with Gasteiger partial charge in [0.25, 0.3) is 0 Å². The SMILES string of the molecule is CC(C)(C)c1ccc(N2B3c4cc(C(C)(C)C)ccc4-n4c5cc6c(cc5c5ccc(c3c54)-c3cc4oc5ccccc5c4cc32)sc2ccccc26)cc1. The second-order valence-corrected chi connectivity index (χ2v) is 18.9. The average Bonchev–Trinajstić information content (AvgIpc) is 3.83. The standard InChI is InChI=1S/C50H39BN2OS/c1-49(2,3)28-15-18-30(19-16-28)53-42-24-37-31-11-7-9-13-43(31)54-44(37)26-35(42)33-20-21-34-36-27-46-38(32-12-8-10-14-45(32)55-46)25-41(36)52-40-22-17-29(50(4,5)6)23-39(40)51(53)47(33)48(34)52/h7-27H,1-6H3. The van der Waals surface area contributed by atoms with E-state index in [0.29, 0.717) is 0 Å². The Labute approximate surface area is 324 Å². The van der Waals surface area contributed by atoms with Crippen molar-refractivity contribution in [3.05, 3.63) is 139 Å². The maximum absolute atomic E-state index is 6.58. The minimum absolute atomic E-state index is 0.0156. The van der Waals surface area contributed by atoms with Crippen molar-refractivity contribution < 1.29 is 4.42 Å². The van der Waals surface area contributed by atoms with E-state index < -0.39 is 0 Å². The molecular weight excluding hydrogens is 687 g/mol. The van der Waals surface area contributed by atoms with Crippen LogP contribution in [-0.4, -0.2) is 11.4 Å². The first-order chi connectivity index (χ1) is 26.5. The normalized spacial score (nSPS) is 13.9. The van der Waals surface area contributed by atoms with Crippen molar-refractivity contribution in [1.29, 1.82) is 0 Å². The summed E-state index contributed by atoms with van der Waals surface area (Å²) < 4.78 is 11.9. The molecule has 3 nitrogen and oxygen atoms in total. The fourth-order valence-electron chi connectivity index (χ4n) is 9.70. The molecule has 264 valence electrons. The zero-order valence-corrected chi connectivity index (χ0v) is 32.7. The van der Waals surface area contributed by atoms with E-state index >= 15 is 0 Å². The van der Waals surface area contributed by atoms with Crippen LogP contribution in [0, 0.1) is 0 Å². The molecule has 0 N–H and O–H groups in total. The Balaban J connectivity index is 1.25. The van der Waals surface area contributed by atoms with E-state index in [1.54, 1.807) is 0 Å². The molecule has 12 rings (SSSR count). The fourth-order valence-corrected chi connectivity index (χ4v) is 10.8. The minimum Gasteiger partial charge on any atom is -0.456 e. The number of anilines is 2. The van der Waals surface area contributed by atoms with E-state index in [1.807, 2.05) is 11.3 Å². The number of rotatable bonds is 1. The number of aromatic nitrogens is 1. The molecule has 0 spiro atoms. The van der Waals surface area contributed by atoms with Gasteiger partial charge in [-0.15, -0.1) is 11.3 Å². The molecular formula is C50H39BN2OS. The molecule has 7 aromatic carbocycles. The third kappa shape index (κ3) is 4.22. The highest BCUT2D eigenvalue weighted by Crippen LogP contribution is 2.49. The molecule has 0 saturated carbocycles. The van der Waals surface area contributed by atoms with Gasteiger partial charge in [0.15, 0.2) is 0 Å². The highest BCUT2D eigenvalue weighted by molar-refractivity contribution is 7.25. The van der Waals surface area contributed by atoms with Crippen LogP contribution < -0.4 is 15.7 Å². The quantitative estimate of drug-likeness (QED) is 0.157. The van der Waals surface area contributed by atoms with Crippen molar-refractivity contribution in [1.82, 2.24) is 4.57 Å². The lowest BCUT2D eigenvalue weighted by Crippen LogP contribution is -2.60. The zero-order valence-electron chi connectivity index (χ0n) is 31.9. The Kier molecular flexibility index (Phi) is 6.02. The highest BCUT2D eigenvalue weighted by atomic mass is 32.1. The van der Waals surface area contributed by atoms with Crippen LogP contribution in [0.15, 0.2) is 132 Å². The molecule has 2 aliphatic rings. The predicted molar refractivity (Wildman–Crippen MR) is 237 cm³/mol. The highest BCUT2D eigenvalue weighted by Gasteiger charge is 2.44. The van der Waals surface area contributed by atoms with Gasteiger partial charge in [-0.2, -0.15) is 0 Å². The summed E-state index contributed by atoms with van der Waals surface area (Å²) in [5.74, 6) is 0. The molecule has 0 bridgehead atoms. The summed E-state index contributed by atoms with van der Waals surface area (Å²) in [6.45, 7) is 13.8. The maximum atomic E-state index is 6.58. The van der Waals surface area contributed by atoms with Crippen LogP contribution in [0.2, 0.25) is 0 Å². The van der Waals surface area contributed by atoms with Crippen molar-refractivity contribution in [2.24, 2.45) is 0 Å². The van der Waals surface area contributed by atoms with Crippen LogP contribution in [-0.2, 0) is 10.8 Å². The van der Waals surface area contributed by atoms with E-state index in [2.05, 4.69) is 178 Å². The van der Waals surface area contributed by atoms with Gasteiger partial charge in [-0.1, -0.05) is 114 Å². The van der Waals surface area contributed by atoms with Gasteiger partial charge in [0, 0.05) is 64.3 Å². The Hall–Kier alpha value is -5.78. The molecule has 0 saturated heterocycles. The number of furan rings is 1. The van der Waals surface area contributed by atoms with Crippen molar-refractivity contribution in [2.75, 3.05) is 4.81 Å². The number of benzene rings is 7. The van der Waals surface area contributed by atoms with Crippen molar-refractivity contribution in [3.63, 3.8) is 0 Å². The molecule has 0 unspecified atom stereocenters. The summed E-state index contributed by atoms with van der Waals surface area (Å²) in [7, 11) is 0. The second kappa shape index (κ2) is 10.5. The minimum atomic E-state index is -0.0432. The third-order valence-corrected chi connectivity index (χ3v) is 13.6. The smallest absolute Gasteiger partial charge is 0.333 e. The molecule has 0 radical (unpaired) electrons. The third-order valence-electron chi connectivity index (χ3n) is 12.5. The lowest BCUT2D eigenvalue weighted by molar-refractivity contribution is 0.590. The molecule has 2 aliphatic heterocycles. The summed E-state index contributed by atoms with van der Waals surface area (Å²) >= 11 is 1.90. The van der Waals surface area contributed by atoms with E-state index in [-0.39, 0.29) is 17.7 Å². The molecule has 0 aliphatic carbocycles. The summed E-state index contributed by atoms with van der Waals surface area (Å²) in [4.78, 5) is 2.64. The number of thiophene rings is 1. The van der Waals surface area contributed by atoms with Gasteiger partial charge in [-0.3, -0.25) is 0 Å². The van der Waals surface area contributed by atoms with Gasteiger partial charge in [0.05, 0.1) is 11.0 Å². The second-order valence-electron chi connectivity index (χ2n) is 17.8. The van der Waals surface area contributed by atoms with Crippen LogP contribution in [0.3, 0.4) is 0 Å². The number of hydrogen-bond donors (Lipinski definition) is 0. The first-order valence-electron chi connectivity index (χ1n) is 19.5. The van der Waals surface area contributed by atoms with Gasteiger partial charge in [0.1, 0.15) is 11.2 Å². The molecule has 10 aromatic rings. The Morgan fingerprint density at radius 2 is 1.27 bits per heavy atom. The van der Waals surface area contributed by atoms with Crippen molar-refractivity contribution >= 4 is 104 Å². The molecule has 0 atom stereocenters. The van der Waals surface area contributed by atoms with Crippen LogP contribution in [0.5, 0.6) is 0 Å². The lowest BCUT2D eigenvalue weighted by Gasteiger charge is -2.42. The molecule has 5 heterocycles. The molecule has 0 amide bonds. The number of fused-ring (bicyclic) bond motifs is 14. The van der Waals surface area contributed by atoms with E-state index in [9.17, 15) is 0 Å². The van der Waals surface area contributed by atoms with Crippen LogP contribution >= 0.6 is 11.3 Å². The fraction of sp³-hybridized carbons (Fsp3) is 0.160. The van der Waals surface area contributed by atoms with E-state index in [1.165, 1.54) is 92.2 Å². The number of nitrogens with zero attached hydrogens (tertiary/aromatic N) is 2. The van der Waals surface area contributed by atoms with E-state index in [4.69, 9.17) is 4.42 Å². The topological polar surface area (TPSA) is 21.3 Å². The Morgan fingerprint density at radius 1 is 0.527 bits per heavy atom.